The molecule has 0 aliphatic carbocycles. The molecule has 0 radical (unpaired) electrons. The number of hydrogen-bond donors (Lipinski definition) is 1. The first-order chi connectivity index (χ1) is 8.79. The first-order valence-electron chi connectivity index (χ1n) is 6.52. The van der Waals surface area contributed by atoms with Gasteiger partial charge in [-0.1, -0.05) is 22.9 Å². The quantitative estimate of drug-likeness (QED) is 0.856. The van der Waals surface area contributed by atoms with Crippen LogP contribution >= 0.6 is 27.7 Å². The second-order valence-electron chi connectivity index (χ2n) is 4.54. The highest BCUT2D eigenvalue weighted by atomic mass is 79.9. The molecule has 1 saturated heterocycles. The smallest absolute Gasteiger partial charge is 0.123 e. The average Bonchev–Trinajstić information content (AvgIpc) is 2.88. The molecule has 0 amide bonds. The lowest BCUT2D eigenvalue weighted by atomic mass is 10.2. The van der Waals surface area contributed by atoms with E-state index in [1.165, 1.54) is 23.5 Å². The van der Waals surface area contributed by atoms with Crippen molar-refractivity contribution in [2.24, 2.45) is 0 Å². The molecule has 1 N–H and O–H groups in total. The molecule has 100 valence electrons. The average molecular weight is 330 g/mol. The van der Waals surface area contributed by atoms with Gasteiger partial charge in [0.25, 0.3) is 0 Å². The Balaban J connectivity index is 1.97. The van der Waals surface area contributed by atoms with E-state index in [-0.39, 0.29) is 0 Å². The predicted molar refractivity (Wildman–Crippen MR) is 82.5 cm³/mol. The van der Waals surface area contributed by atoms with E-state index in [2.05, 4.69) is 40.3 Å². The number of halogens is 1. The van der Waals surface area contributed by atoms with Crippen molar-refractivity contribution in [1.82, 2.24) is 5.32 Å². The van der Waals surface area contributed by atoms with Crippen LogP contribution in [-0.2, 0) is 6.54 Å². The van der Waals surface area contributed by atoms with Gasteiger partial charge in [-0.2, -0.15) is 11.8 Å². The fourth-order valence-electron chi connectivity index (χ4n) is 1.99. The van der Waals surface area contributed by atoms with Crippen LogP contribution in [0.4, 0.5) is 0 Å². The first kappa shape index (κ1) is 14.2. The fraction of sp³-hybridized carbons (Fsp3) is 0.571. The van der Waals surface area contributed by atoms with Crippen molar-refractivity contribution in [2.45, 2.75) is 32.4 Å². The third kappa shape index (κ3) is 4.18. The highest BCUT2D eigenvalue weighted by Crippen LogP contribution is 2.24. The van der Waals surface area contributed by atoms with Gasteiger partial charge in [-0.15, -0.1) is 0 Å². The molecule has 18 heavy (non-hydrogen) atoms. The zero-order chi connectivity index (χ0) is 12.8. The number of ether oxygens (including phenoxy) is 1. The first-order valence-corrected chi connectivity index (χ1v) is 8.46. The van der Waals surface area contributed by atoms with Crippen LogP contribution in [0, 0.1) is 0 Å². The van der Waals surface area contributed by atoms with Gasteiger partial charge in [-0.05, 0) is 36.8 Å². The second-order valence-corrected chi connectivity index (χ2v) is 6.61. The van der Waals surface area contributed by atoms with E-state index in [4.69, 9.17) is 4.74 Å². The third-order valence-corrected chi connectivity index (χ3v) is 4.65. The number of benzene rings is 1. The molecule has 0 bridgehead atoms. The summed E-state index contributed by atoms with van der Waals surface area (Å²) in [6.07, 6.45) is 2.33. The Morgan fingerprint density at radius 3 is 3.11 bits per heavy atom. The molecule has 2 nitrogen and oxygen atoms in total. The minimum Gasteiger partial charge on any atom is -0.493 e. The molecule has 1 aliphatic heterocycles. The van der Waals surface area contributed by atoms with Gasteiger partial charge >= 0.3 is 0 Å². The molecule has 0 saturated carbocycles. The Bertz CT molecular complexity index is 380. The molecule has 0 spiro atoms. The van der Waals surface area contributed by atoms with E-state index in [0.29, 0.717) is 6.04 Å². The van der Waals surface area contributed by atoms with Crippen molar-refractivity contribution in [1.29, 1.82) is 0 Å². The number of thioether (sulfide) groups is 1. The summed E-state index contributed by atoms with van der Waals surface area (Å²) in [6.45, 7) is 3.81. The van der Waals surface area contributed by atoms with E-state index in [9.17, 15) is 0 Å². The summed E-state index contributed by atoms with van der Waals surface area (Å²) >= 11 is 5.57. The van der Waals surface area contributed by atoms with E-state index < -0.39 is 0 Å². The summed E-state index contributed by atoms with van der Waals surface area (Å²) in [6, 6.07) is 6.91. The van der Waals surface area contributed by atoms with E-state index >= 15 is 0 Å². The van der Waals surface area contributed by atoms with Gasteiger partial charge in [0.1, 0.15) is 5.75 Å². The van der Waals surface area contributed by atoms with Crippen LogP contribution in [0.25, 0.3) is 0 Å². The predicted octanol–water partition coefficient (Wildman–Crippen LogP) is 3.83. The minimum absolute atomic E-state index is 0.660. The summed E-state index contributed by atoms with van der Waals surface area (Å²) in [4.78, 5) is 0. The number of rotatable bonds is 6. The second kappa shape index (κ2) is 7.41. The summed E-state index contributed by atoms with van der Waals surface area (Å²) in [5, 5.41) is 3.62. The zero-order valence-electron chi connectivity index (χ0n) is 10.7. The van der Waals surface area contributed by atoms with Gasteiger partial charge in [0.05, 0.1) is 6.61 Å². The summed E-state index contributed by atoms with van der Waals surface area (Å²) < 4.78 is 6.91. The molecular formula is C14H20BrNOS. The lowest BCUT2D eigenvalue weighted by Gasteiger charge is -2.15. The Morgan fingerprint density at radius 2 is 2.39 bits per heavy atom. The van der Waals surface area contributed by atoms with Gasteiger partial charge in [-0.3, -0.25) is 0 Å². The summed E-state index contributed by atoms with van der Waals surface area (Å²) in [5.41, 5.74) is 1.25. The monoisotopic (exact) mass is 329 g/mol. The van der Waals surface area contributed by atoms with Gasteiger partial charge in [0, 0.05) is 28.4 Å². The molecule has 2 rings (SSSR count). The van der Waals surface area contributed by atoms with E-state index in [0.717, 1.165) is 29.8 Å². The van der Waals surface area contributed by atoms with Crippen molar-refractivity contribution >= 4 is 27.7 Å². The van der Waals surface area contributed by atoms with Gasteiger partial charge in [0.15, 0.2) is 0 Å². The maximum absolute atomic E-state index is 5.79. The van der Waals surface area contributed by atoms with Crippen LogP contribution < -0.4 is 10.1 Å². The van der Waals surface area contributed by atoms with Gasteiger partial charge < -0.3 is 10.1 Å². The normalized spacial score (nSPS) is 19.1. The highest BCUT2D eigenvalue weighted by molar-refractivity contribution is 9.10. The number of hydrogen-bond acceptors (Lipinski definition) is 3. The van der Waals surface area contributed by atoms with Crippen LogP contribution in [0.15, 0.2) is 22.7 Å². The standard InChI is InChI=1S/C14H20BrNOS/c1-2-6-17-14-4-3-12(15)8-11(14)9-16-13-5-7-18-10-13/h3-4,8,13,16H,2,5-7,9-10H2,1H3. The lowest BCUT2D eigenvalue weighted by molar-refractivity contribution is 0.313. The maximum Gasteiger partial charge on any atom is 0.123 e. The third-order valence-electron chi connectivity index (χ3n) is 3.00. The Kier molecular flexibility index (Phi) is 5.86. The fourth-order valence-corrected chi connectivity index (χ4v) is 3.58. The molecular weight excluding hydrogens is 310 g/mol. The SMILES string of the molecule is CCCOc1ccc(Br)cc1CNC1CCSC1. The largest absolute Gasteiger partial charge is 0.493 e. The molecule has 1 unspecified atom stereocenters. The Morgan fingerprint density at radius 1 is 1.50 bits per heavy atom. The molecule has 1 aromatic carbocycles. The van der Waals surface area contributed by atoms with E-state index in [1.54, 1.807) is 0 Å². The van der Waals surface area contributed by atoms with Crippen molar-refractivity contribution in [3.05, 3.63) is 28.2 Å². The molecule has 0 aromatic heterocycles. The minimum atomic E-state index is 0.660. The zero-order valence-corrected chi connectivity index (χ0v) is 13.1. The van der Waals surface area contributed by atoms with Crippen LogP contribution in [0.2, 0.25) is 0 Å². The van der Waals surface area contributed by atoms with E-state index in [1.807, 2.05) is 17.8 Å². The summed E-state index contributed by atoms with van der Waals surface area (Å²) in [5.74, 6) is 3.53. The van der Waals surface area contributed by atoms with Crippen LogP contribution in [0.1, 0.15) is 25.3 Å². The lowest BCUT2D eigenvalue weighted by Crippen LogP contribution is -2.28. The van der Waals surface area contributed by atoms with Crippen molar-refractivity contribution in [3.63, 3.8) is 0 Å². The maximum atomic E-state index is 5.79. The molecule has 1 fully saturated rings. The van der Waals surface area contributed by atoms with Crippen molar-refractivity contribution in [3.8, 4) is 5.75 Å². The van der Waals surface area contributed by atoms with Crippen LogP contribution in [0.3, 0.4) is 0 Å². The topological polar surface area (TPSA) is 21.3 Å². The van der Waals surface area contributed by atoms with Crippen molar-refractivity contribution < 1.29 is 4.74 Å². The highest BCUT2D eigenvalue weighted by Gasteiger charge is 2.15. The molecule has 1 atom stereocenters. The Hall–Kier alpha value is -0.190. The van der Waals surface area contributed by atoms with Crippen molar-refractivity contribution in [2.75, 3.05) is 18.1 Å². The summed E-state index contributed by atoms with van der Waals surface area (Å²) in [7, 11) is 0. The van der Waals surface area contributed by atoms with Crippen LogP contribution in [0.5, 0.6) is 5.75 Å². The van der Waals surface area contributed by atoms with Gasteiger partial charge in [-0.25, -0.2) is 0 Å². The molecule has 4 heteroatoms. The van der Waals surface area contributed by atoms with Crippen LogP contribution in [-0.4, -0.2) is 24.2 Å². The number of nitrogens with one attached hydrogen (secondary N) is 1. The van der Waals surface area contributed by atoms with Gasteiger partial charge in [0.2, 0.25) is 0 Å². The molecule has 1 heterocycles. The molecule has 1 aromatic rings. The Labute approximate surface area is 122 Å². The molecule has 1 aliphatic rings.